The lowest BCUT2D eigenvalue weighted by molar-refractivity contribution is -0.105. The van der Waals surface area contributed by atoms with Crippen molar-refractivity contribution in [3.05, 3.63) is 29.2 Å². The van der Waals surface area contributed by atoms with Crippen molar-refractivity contribution in [3.63, 3.8) is 0 Å². The Bertz CT molecular complexity index is 236. The summed E-state index contributed by atoms with van der Waals surface area (Å²) in [4.78, 5) is 11.0. The monoisotopic (exact) mass is 175 g/mol. The maximum atomic E-state index is 11.0. The number of carbonyl (C=O) groups is 1. The van der Waals surface area contributed by atoms with Crippen LogP contribution in [-0.2, 0) is 4.79 Å². The number of carbonyl (C=O) groups excluding carboxylic acids is 1. The van der Waals surface area contributed by atoms with Crippen LogP contribution in [0.1, 0.15) is 38.5 Å². The Morgan fingerprint density at radius 2 is 1.62 bits per heavy atom. The summed E-state index contributed by atoms with van der Waals surface area (Å²) in [7, 11) is 0. The normalized spacial score (nSPS) is 21.9. The maximum Gasteiger partial charge on any atom is 0.135 e. The fraction of sp³-hybridized carbons (Fsp3) is 0.500. The molecule has 0 unspecified atom stereocenters. The molecule has 1 radical (unpaired) electrons. The summed E-state index contributed by atoms with van der Waals surface area (Å²) >= 11 is 0. The molecule has 0 bridgehead atoms. The minimum atomic E-state index is 0.995. The highest BCUT2D eigenvalue weighted by molar-refractivity contribution is 5.82. The van der Waals surface area contributed by atoms with Crippen LogP contribution in [-0.4, -0.2) is 6.29 Å². The van der Waals surface area contributed by atoms with Crippen molar-refractivity contribution in [1.29, 1.82) is 0 Å². The van der Waals surface area contributed by atoms with E-state index in [9.17, 15) is 4.79 Å². The van der Waals surface area contributed by atoms with E-state index in [-0.39, 0.29) is 0 Å². The Morgan fingerprint density at radius 1 is 1.08 bits per heavy atom. The van der Waals surface area contributed by atoms with Gasteiger partial charge in [-0.05, 0) is 38.5 Å². The van der Waals surface area contributed by atoms with Crippen LogP contribution < -0.4 is 0 Å². The predicted molar refractivity (Wildman–Crippen MR) is 53.2 cm³/mol. The highest BCUT2D eigenvalue weighted by atomic mass is 16.1. The first-order chi connectivity index (χ1) is 6.42. The van der Waals surface area contributed by atoms with E-state index in [2.05, 4.69) is 12.2 Å². The zero-order valence-corrected chi connectivity index (χ0v) is 7.88. The van der Waals surface area contributed by atoms with Crippen molar-refractivity contribution in [2.24, 2.45) is 0 Å². The van der Waals surface area contributed by atoms with Crippen molar-refractivity contribution in [3.8, 4) is 0 Å². The molecule has 0 saturated heterocycles. The zero-order chi connectivity index (χ0) is 9.10. The average Bonchev–Trinajstić information content (AvgIpc) is 2.76. The lowest BCUT2D eigenvalue weighted by atomic mass is 9.91. The minimum Gasteiger partial charge on any atom is -0.302 e. The highest BCUT2D eigenvalue weighted by Crippen LogP contribution is 2.35. The van der Waals surface area contributed by atoms with Gasteiger partial charge >= 0.3 is 0 Å². The molecule has 69 valence electrons. The van der Waals surface area contributed by atoms with Crippen LogP contribution in [0.15, 0.2) is 23.3 Å². The van der Waals surface area contributed by atoms with Crippen LogP contribution in [0.25, 0.3) is 0 Å². The van der Waals surface area contributed by atoms with Crippen LogP contribution in [0.5, 0.6) is 0 Å². The summed E-state index contributed by atoms with van der Waals surface area (Å²) < 4.78 is 0. The molecule has 2 aliphatic rings. The Balaban J connectivity index is 2.12. The zero-order valence-electron chi connectivity index (χ0n) is 7.88. The number of rotatable bonds is 3. The third-order valence-electron chi connectivity index (χ3n) is 2.89. The molecule has 0 amide bonds. The summed E-state index contributed by atoms with van der Waals surface area (Å²) in [6, 6.07) is 0. The first-order valence-electron chi connectivity index (χ1n) is 5.13. The van der Waals surface area contributed by atoms with E-state index in [1.165, 1.54) is 24.0 Å². The van der Waals surface area contributed by atoms with Gasteiger partial charge in [0, 0.05) is 0 Å². The molecule has 13 heavy (non-hydrogen) atoms. The fourth-order valence-corrected chi connectivity index (χ4v) is 2.19. The molecule has 0 aromatic heterocycles. The van der Waals surface area contributed by atoms with E-state index in [4.69, 9.17) is 0 Å². The number of allylic oxidation sites excluding steroid dienone is 4. The molecule has 0 atom stereocenters. The van der Waals surface area contributed by atoms with Crippen LogP contribution in [0.2, 0.25) is 0 Å². The molecule has 0 heterocycles. The standard InChI is InChI=1S/C12H15O/c13-9-12(10-5-1-2-6-10)11-7-3-4-8-11/h5,7,9H,1-4,6,8H2. The van der Waals surface area contributed by atoms with Crippen molar-refractivity contribution < 1.29 is 4.79 Å². The second kappa shape index (κ2) is 3.91. The van der Waals surface area contributed by atoms with Gasteiger partial charge < -0.3 is 4.79 Å². The average molecular weight is 175 g/mol. The van der Waals surface area contributed by atoms with Crippen molar-refractivity contribution >= 4 is 6.29 Å². The lowest BCUT2D eigenvalue weighted by Gasteiger charge is -2.11. The summed E-state index contributed by atoms with van der Waals surface area (Å²) in [5.41, 5.74) is 2.59. The van der Waals surface area contributed by atoms with Crippen LogP contribution in [0.4, 0.5) is 0 Å². The van der Waals surface area contributed by atoms with Crippen molar-refractivity contribution in [2.45, 2.75) is 38.5 Å². The smallest absolute Gasteiger partial charge is 0.135 e. The molecule has 0 N–H and O–H groups in total. The van der Waals surface area contributed by atoms with Gasteiger partial charge in [-0.2, -0.15) is 0 Å². The van der Waals surface area contributed by atoms with Gasteiger partial charge in [0.2, 0.25) is 0 Å². The van der Waals surface area contributed by atoms with E-state index >= 15 is 0 Å². The van der Waals surface area contributed by atoms with Gasteiger partial charge in [0.25, 0.3) is 0 Å². The topological polar surface area (TPSA) is 17.1 Å². The Hall–Kier alpha value is -0.850. The van der Waals surface area contributed by atoms with E-state index in [0.717, 1.165) is 37.9 Å². The molecule has 0 aromatic carbocycles. The molecule has 1 nitrogen and oxygen atoms in total. The Kier molecular flexibility index (Phi) is 2.62. The second-order valence-electron chi connectivity index (χ2n) is 3.77. The molecule has 1 heteroatoms. The van der Waals surface area contributed by atoms with Crippen LogP contribution >= 0.6 is 0 Å². The third kappa shape index (κ3) is 1.74. The molecule has 0 aliphatic heterocycles. The molecule has 0 saturated carbocycles. The molecule has 0 spiro atoms. The largest absolute Gasteiger partial charge is 0.302 e. The van der Waals surface area contributed by atoms with E-state index in [0.29, 0.717) is 0 Å². The molecule has 2 aliphatic carbocycles. The minimum absolute atomic E-state index is 0.995. The van der Waals surface area contributed by atoms with Crippen molar-refractivity contribution in [2.75, 3.05) is 0 Å². The number of hydrogen-bond acceptors (Lipinski definition) is 1. The quantitative estimate of drug-likeness (QED) is 0.603. The van der Waals surface area contributed by atoms with Crippen molar-refractivity contribution in [1.82, 2.24) is 0 Å². The van der Waals surface area contributed by atoms with E-state index in [1.54, 1.807) is 0 Å². The number of aldehydes is 1. The predicted octanol–water partition coefficient (Wildman–Crippen LogP) is 2.98. The van der Waals surface area contributed by atoms with Gasteiger partial charge in [-0.3, -0.25) is 0 Å². The van der Waals surface area contributed by atoms with E-state index in [1.807, 2.05) is 0 Å². The fourth-order valence-electron chi connectivity index (χ4n) is 2.19. The SMILES string of the molecule is O=C[C](C1=CCCC1)C1=CCCC1. The molecule has 0 fully saturated rings. The van der Waals surface area contributed by atoms with Gasteiger partial charge in [0.1, 0.15) is 6.29 Å². The summed E-state index contributed by atoms with van der Waals surface area (Å²) in [6.07, 6.45) is 12.5. The van der Waals surface area contributed by atoms with Crippen LogP contribution in [0.3, 0.4) is 0 Å². The summed E-state index contributed by atoms with van der Waals surface area (Å²) in [5, 5.41) is 0. The first kappa shape index (κ1) is 8.74. The first-order valence-corrected chi connectivity index (χ1v) is 5.13. The number of hydrogen-bond donors (Lipinski definition) is 0. The summed E-state index contributed by atoms with van der Waals surface area (Å²) in [5.74, 6) is 0.995. The molecule has 2 rings (SSSR count). The Labute approximate surface area is 79.5 Å². The van der Waals surface area contributed by atoms with Gasteiger partial charge in [-0.1, -0.05) is 23.3 Å². The van der Waals surface area contributed by atoms with Gasteiger partial charge in [-0.25, -0.2) is 0 Å². The molecular formula is C12H15O. The Morgan fingerprint density at radius 3 is 1.92 bits per heavy atom. The highest BCUT2D eigenvalue weighted by Gasteiger charge is 2.22. The lowest BCUT2D eigenvalue weighted by Crippen LogP contribution is -2.04. The van der Waals surface area contributed by atoms with Gasteiger partial charge in [0.05, 0.1) is 5.92 Å². The maximum absolute atomic E-state index is 11.0. The molecular weight excluding hydrogens is 160 g/mol. The summed E-state index contributed by atoms with van der Waals surface area (Å²) in [6.45, 7) is 0. The molecule has 0 aromatic rings. The second-order valence-corrected chi connectivity index (χ2v) is 3.77. The van der Waals surface area contributed by atoms with Crippen LogP contribution in [0, 0.1) is 5.92 Å². The van der Waals surface area contributed by atoms with Gasteiger partial charge in [-0.15, -0.1) is 0 Å². The van der Waals surface area contributed by atoms with Gasteiger partial charge in [0.15, 0.2) is 0 Å². The van der Waals surface area contributed by atoms with E-state index < -0.39 is 0 Å². The third-order valence-corrected chi connectivity index (χ3v) is 2.89.